The van der Waals surface area contributed by atoms with Crippen molar-refractivity contribution in [3.8, 4) is 0 Å². The van der Waals surface area contributed by atoms with Gasteiger partial charge in [-0.2, -0.15) is 0 Å². The molecule has 0 aromatic carbocycles. The summed E-state index contributed by atoms with van der Waals surface area (Å²) in [5, 5.41) is 25.4. The van der Waals surface area contributed by atoms with Crippen LogP contribution in [-0.2, 0) is 0 Å². The Labute approximate surface area is 80.2 Å². The Morgan fingerprint density at radius 1 is 1.10 bits per heavy atom. The van der Waals surface area contributed by atoms with Crippen molar-refractivity contribution >= 4 is 23.1 Å². The van der Waals surface area contributed by atoms with Gasteiger partial charge in [-0.25, -0.2) is 0 Å². The van der Waals surface area contributed by atoms with Crippen molar-refractivity contribution in [1.82, 2.24) is 0 Å². The Hall–Kier alpha value is 0.646. The summed E-state index contributed by atoms with van der Waals surface area (Å²) >= 11 is 0. The van der Waals surface area contributed by atoms with Crippen LogP contribution in [0.2, 0.25) is 0 Å². The zero-order valence-corrected chi connectivity index (χ0v) is 7.58. The summed E-state index contributed by atoms with van der Waals surface area (Å²) in [6.45, 7) is 0.156. The van der Waals surface area contributed by atoms with Crippen molar-refractivity contribution in [1.29, 1.82) is 0 Å². The largest absolute Gasteiger partial charge is 2.00 e. The molecule has 0 heterocycles. The summed E-state index contributed by atoms with van der Waals surface area (Å²) < 4.78 is 0. The van der Waals surface area contributed by atoms with E-state index < -0.39 is 0 Å². The second-order valence-corrected chi connectivity index (χ2v) is 2.10. The Morgan fingerprint density at radius 3 is 1.90 bits per heavy atom. The maximum atomic E-state index is 8.51. The van der Waals surface area contributed by atoms with Crippen LogP contribution in [0.25, 0.3) is 0 Å². The predicted octanol–water partition coefficient (Wildman–Crippen LogP) is -0.796. The van der Waals surface area contributed by atoms with Crippen LogP contribution in [0.3, 0.4) is 0 Å². The monoisotopic (exact) mass is 160 g/mol. The third-order valence-electron chi connectivity index (χ3n) is 1.29. The Morgan fingerprint density at radius 2 is 1.60 bits per heavy atom. The van der Waals surface area contributed by atoms with Crippen molar-refractivity contribution in [2.45, 2.75) is 12.8 Å². The van der Waals surface area contributed by atoms with Gasteiger partial charge in [0.25, 0.3) is 0 Å². The van der Waals surface area contributed by atoms with Gasteiger partial charge in [0.1, 0.15) is 0 Å². The van der Waals surface area contributed by atoms with Crippen LogP contribution in [0.1, 0.15) is 15.7 Å². The minimum absolute atomic E-state index is 0. The molecule has 0 aliphatic heterocycles. The zero-order valence-electron chi connectivity index (χ0n) is 8.16. The van der Waals surface area contributed by atoms with E-state index in [1.807, 2.05) is 0 Å². The van der Waals surface area contributed by atoms with E-state index >= 15 is 0 Å². The van der Waals surface area contributed by atoms with E-state index in [0.29, 0.717) is 12.8 Å². The summed E-state index contributed by atoms with van der Waals surface area (Å²) in [7, 11) is 0. The van der Waals surface area contributed by atoms with E-state index in [1.54, 1.807) is 0 Å². The first-order chi connectivity index (χ1) is 4.35. The summed E-state index contributed by atoms with van der Waals surface area (Å²) in [6.07, 6.45) is 1.36. The van der Waals surface area contributed by atoms with Crippen molar-refractivity contribution in [2.24, 2.45) is 5.92 Å². The molecule has 4 heteroatoms. The molecule has 0 aromatic heterocycles. The fourth-order valence-electron chi connectivity index (χ4n) is 0.620. The molecule has 0 radical (unpaired) electrons. The summed E-state index contributed by atoms with van der Waals surface area (Å²) in [6, 6.07) is 0. The van der Waals surface area contributed by atoms with Crippen LogP contribution in [0.15, 0.2) is 0 Å². The van der Waals surface area contributed by atoms with Gasteiger partial charge in [0.2, 0.25) is 0 Å². The van der Waals surface area contributed by atoms with Crippen LogP contribution >= 0.6 is 0 Å². The molecule has 0 fully saturated rings. The van der Waals surface area contributed by atoms with Crippen LogP contribution in [-0.4, -0.2) is 58.2 Å². The minimum atomic E-state index is -0.0443. The van der Waals surface area contributed by atoms with E-state index in [9.17, 15) is 0 Å². The number of aliphatic hydroxyl groups excluding tert-OH is 3. The maximum absolute atomic E-state index is 8.51. The molecule has 0 bridgehead atoms. The van der Waals surface area contributed by atoms with Gasteiger partial charge in [0.15, 0.2) is 0 Å². The first kappa shape index (κ1) is 13.3. The third-order valence-corrected chi connectivity index (χ3v) is 1.29. The van der Waals surface area contributed by atoms with Crippen molar-refractivity contribution in [3.63, 3.8) is 0 Å². The number of hydrogen-bond donors (Lipinski definition) is 3. The van der Waals surface area contributed by atoms with Gasteiger partial charge < -0.3 is 18.2 Å². The Kier molecular flexibility index (Phi) is 12.8. The van der Waals surface area contributed by atoms with Gasteiger partial charge in [-0.15, -0.1) is 0 Å². The van der Waals surface area contributed by atoms with Gasteiger partial charge in [0, 0.05) is 25.7 Å². The van der Waals surface area contributed by atoms with Crippen molar-refractivity contribution in [3.05, 3.63) is 0 Å². The Bertz CT molecular complexity index is 64.8. The van der Waals surface area contributed by atoms with Gasteiger partial charge in [-0.05, 0) is 12.8 Å². The van der Waals surface area contributed by atoms with Gasteiger partial charge in [0.05, 0.1) is 0 Å². The van der Waals surface area contributed by atoms with Crippen LogP contribution in [0.5, 0.6) is 0 Å². The molecule has 0 unspecified atom stereocenters. The molecule has 60 valence electrons. The van der Waals surface area contributed by atoms with Crippen molar-refractivity contribution < 1.29 is 18.2 Å². The third kappa shape index (κ3) is 6.76. The van der Waals surface area contributed by atoms with Gasteiger partial charge >= 0.3 is 23.1 Å². The van der Waals surface area contributed by atoms with E-state index in [2.05, 4.69) is 0 Å². The first-order valence-electron chi connectivity index (χ1n) is 3.17. The normalized spacial score (nSPS) is 9.60. The molecular formula is C6H16MgO3. The predicted molar refractivity (Wildman–Crippen MR) is 42.0 cm³/mol. The molecule has 0 rings (SSSR count). The second-order valence-electron chi connectivity index (χ2n) is 2.10. The molecule has 0 amide bonds. The molecule has 10 heavy (non-hydrogen) atoms. The minimum Gasteiger partial charge on any atom is -1.00 e. The number of hydrogen-bond acceptors (Lipinski definition) is 3. The van der Waals surface area contributed by atoms with E-state index in [0.717, 1.165) is 0 Å². The van der Waals surface area contributed by atoms with E-state index in [1.165, 1.54) is 0 Å². The summed E-state index contributed by atoms with van der Waals surface area (Å²) in [5.41, 5.74) is 0. The molecule has 0 saturated carbocycles. The van der Waals surface area contributed by atoms with Crippen LogP contribution < -0.4 is 0 Å². The topological polar surface area (TPSA) is 60.7 Å². The second kappa shape index (κ2) is 9.65. The fourth-order valence-corrected chi connectivity index (χ4v) is 0.620. The SMILES string of the molecule is OCCCC(CO)CO.[H-].[H-].[Mg+2]. The molecule has 0 spiro atoms. The van der Waals surface area contributed by atoms with Crippen LogP contribution in [0, 0.1) is 5.92 Å². The molecule has 0 aliphatic carbocycles. The molecule has 0 saturated heterocycles. The molecular weight excluding hydrogens is 144 g/mol. The average molecular weight is 160 g/mol. The van der Waals surface area contributed by atoms with E-state index in [-0.39, 0.29) is 51.6 Å². The standard InChI is InChI=1S/C6H14O3.Mg.2H/c7-3-1-2-6(4-8)5-9;;;/h6-9H,1-5H2;;;/q;+2;2*-1. The summed E-state index contributed by atoms with van der Waals surface area (Å²) in [5.74, 6) is -0.0443. The Balaban J connectivity index is -0.000000107. The zero-order chi connectivity index (χ0) is 7.11. The number of rotatable bonds is 5. The van der Waals surface area contributed by atoms with Gasteiger partial charge in [-0.1, -0.05) is 0 Å². The molecule has 0 atom stereocenters. The molecule has 0 aromatic rings. The molecule has 3 N–H and O–H groups in total. The van der Waals surface area contributed by atoms with E-state index in [4.69, 9.17) is 15.3 Å². The fraction of sp³-hybridized carbons (Fsp3) is 1.00. The quantitative estimate of drug-likeness (QED) is 0.462. The van der Waals surface area contributed by atoms with Crippen molar-refractivity contribution in [2.75, 3.05) is 19.8 Å². The molecule has 0 aliphatic rings. The molecule has 3 nitrogen and oxygen atoms in total. The average Bonchev–Trinajstić information content (AvgIpc) is 1.91. The maximum Gasteiger partial charge on any atom is 2.00 e. The number of aliphatic hydroxyl groups is 3. The summed E-state index contributed by atoms with van der Waals surface area (Å²) in [4.78, 5) is 0. The first-order valence-corrected chi connectivity index (χ1v) is 3.17. The van der Waals surface area contributed by atoms with Crippen LogP contribution in [0.4, 0.5) is 0 Å². The van der Waals surface area contributed by atoms with Gasteiger partial charge in [-0.3, -0.25) is 0 Å². The smallest absolute Gasteiger partial charge is 1.00 e.